The molecule has 0 atom stereocenters. The number of halogens is 1. The van der Waals surface area contributed by atoms with E-state index in [1.54, 1.807) is 19.2 Å². The summed E-state index contributed by atoms with van der Waals surface area (Å²) in [4.78, 5) is 12.2. The van der Waals surface area contributed by atoms with E-state index in [4.69, 9.17) is 4.74 Å². The molecule has 0 saturated carbocycles. The molecule has 0 fully saturated rings. The van der Waals surface area contributed by atoms with Gasteiger partial charge in [0.25, 0.3) is 0 Å². The molecule has 0 aliphatic heterocycles. The average Bonchev–Trinajstić information content (AvgIpc) is 2.40. The van der Waals surface area contributed by atoms with Crippen LogP contribution in [-0.4, -0.2) is 12.9 Å². The Kier molecular flexibility index (Phi) is 4.15. The van der Waals surface area contributed by atoms with Gasteiger partial charge in [0.2, 0.25) is 0 Å². The van der Waals surface area contributed by atoms with Crippen LogP contribution in [0, 0.1) is 0 Å². The Morgan fingerprint density at radius 2 is 1.89 bits per heavy atom. The van der Waals surface area contributed by atoms with Crippen molar-refractivity contribution < 1.29 is 9.53 Å². The minimum absolute atomic E-state index is 0.0550. The molecule has 2 rings (SSSR count). The molecule has 0 unspecified atom stereocenters. The minimum Gasteiger partial charge on any atom is -0.496 e. The van der Waals surface area contributed by atoms with E-state index >= 15 is 0 Å². The molecule has 0 saturated heterocycles. The first-order chi connectivity index (χ1) is 8.70. The van der Waals surface area contributed by atoms with Crippen LogP contribution in [0.25, 0.3) is 0 Å². The van der Waals surface area contributed by atoms with Crippen LogP contribution in [0.4, 0.5) is 0 Å². The Labute approximate surface area is 115 Å². The molecule has 3 heteroatoms. The first-order valence-electron chi connectivity index (χ1n) is 5.61. The molecule has 0 bridgehead atoms. The van der Waals surface area contributed by atoms with Gasteiger partial charge in [0.05, 0.1) is 12.7 Å². The summed E-state index contributed by atoms with van der Waals surface area (Å²) in [6, 6.07) is 15.1. The van der Waals surface area contributed by atoms with Crippen LogP contribution in [-0.2, 0) is 6.42 Å². The number of ketones is 1. The van der Waals surface area contributed by atoms with Crippen LogP contribution in [0.15, 0.2) is 53.0 Å². The van der Waals surface area contributed by atoms with Gasteiger partial charge in [-0.05, 0) is 23.8 Å². The average molecular weight is 305 g/mol. The topological polar surface area (TPSA) is 26.3 Å². The summed E-state index contributed by atoms with van der Waals surface area (Å²) in [7, 11) is 1.57. The highest BCUT2D eigenvalue weighted by molar-refractivity contribution is 9.10. The fourth-order valence-electron chi connectivity index (χ4n) is 1.77. The van der Waals surface area contributed by atoms with Gasteiger partial charge in [-0.15, -0.1) is 0 Å². The van der Waals surface area contributed by atoms with E-state index in [2.05, 4.69) is 15.9 Å². The predicted molar refractivity (Wildman–Crippen MR) is 75.2 cm³/mol. The van der Waals surface area contributed by atoms with Crippen molar-refractivity contribution in [2.24, 2.45) is 0 Å². The summed E-state index contributed by atoms with van der Waals surface area (Å²) >= 11 is 3.37. The lowest BCUT2D eigenvalue weighted by atomic mass is 10.0. The van der Waals surface area contributed by atoms with Gasteiger partial charge in [0.1, 0.15) is 5.75 Å². The lowest BCUT2D eigenvalue weighted by molar-refractivity contribution is 0.0990. The zero-order chi connectivity index (χ0) is 13.0. The summed E-state index contributed by atoms with van der Waals surface area (Å²) in [5.74, 6) is 0.665. The normalized spacial score (nSPS) is 10.1. The zero-order valence-electron chi connectivity index (χ0n) is 10.0. The molecule has 0 heterocycles. The number of carbonyl (C=O) groups is 1. The molecule has 2 aromatic rings. The lowest BCUT2D eigenvalue weighted by Gasteiger charge is -2.08. The molecule has 0 aliphatic rings. The molecular weight excluding hydrogens is 292 g/mol. The highest BCUT2D eigenvalue weighted by Gasteiger charge is 2.13. The summed E-state index contributed by atoms with van der Waals surface area (Å²) in [5, 5.41) is 0. The Morgan fingerprint density at radius 3 is 2.56 bits per heavy atom. The molecule has 0 N–H and O–H groups in total. The standard InChI is InChI=1S/C15H13BrO2/c1-18-15-8-7-12(16)10-13(15)14(17)9-11-5-3-2-4-6-11/h2-8,10H,9H2,1H3. The Hall–Kier alpha value is -1.61. The van der Waals surface area contributed by atoms with Crippen LogP contribution in [0.2, 0.25) is 0 Å². The van der Waals surface area contributed by atoms with Gasteiger partial charge in [0, 0.05) is 10.9 Å². The maximum atomic E-state index is 12.2. The molecule has 0 amide bonds. The maximum Gasteiger partial charge on any atom is 0.170 e. The summed E-state index contributed by atoms with van der Waals surface area (Å²) in [6.07, 6.45) is 0.383. The fraction of sp³-hybridized carbons (Fsp3) is 0.133. The smallest absolute Gasteiger partial charge is 0.170 e. The van der Waals surface area contributed by atoms with Crippen molar-refractivity contribution in [3.63, 3.8) is 0 Å². The van der Waals surface area contributed by atoms with Crippen LogP contribution in [0.5, 0.6) is 5.75 Å². The van der Waals surface area contributed by atoms with Crippen molar-refractivity contribution in [1.29, 1.82) is 0 Å². The minimum atomic E-state index is 0.0550. The largest absolute Gasteiger partial charge is 0.496 e. The van der Waals surface area contributed by atoms with Crippen LogP contribution < -0.4 is 4.74 Å². The summed E-state index contributed by atoms with van der Waals surface area (Å²) < 4.78 is 6.09. The Balaban J connectivity index is 2.26. The van der Waals surface area contributed by atoms with Crippen molar-refractivity contribution in [2.45, 2.75) is 6.42 Å². The number of methoxy groups -OCH3 is 1. The van der Waals surface area contributed by atoms with E-state index in [1.165, 1.54) is 0 Å². The molecule has 0 aromatic heterocycles. The summed E-state index contributed by atoms with van der Waals surface area (Å²) in [6.45, 7) is 0. The van der Waals surface area contributed by atoms with Gasteiger partial charge in [0.15, 0.2) is 5.78 Å². The van der Waals surface area contributed by atoms with Crippen molar-refractivity contribution in [3.8, 4) is 5.75 Å². The number of Topliss-reactive ketones (excluding diaryl/α,β-unsaturated/α-hetero) is 1. The third-order valence-corrected chi connectivity index (χ3v) is 3.16. The van der Waals surface area contributed by atoms with E-state index in [0.717, 1.165) is 10.0 Å². The molecule has 0 aliphatic carbocycles. The second-order valence-electron chi connectivity index (χ2n) is 3.93. The number of rotatable bonds is 4. The highest BCUT2D eigenvalue weighted by atomic mass is 79.9. The molecule has 2 nitrogen and oxygen atoms in total. The predicted octanol–water partition coefficient (Wildman–Crippen LogP) is 3.88. The highest BCUT2D eigenvalue weighted by Crippen LogP contribution is 2.24. The SMILES string of the molecule is COc1ccc(Br)cc1C(=O)Cc1ccccc1. The first-order valence-corrected chi connectivity index (χ1v) is 6.40. The third-order valence-electron chi connectivity index (χ3n) is 2.67. The molecule has 0 spiro atoms. The maximum absolute atomic E-state index is 12.2. The van der Waals surface area contributed by atoms with Gasteiger partial charge < -0.3 is 4.74 Å². The van der Waals surface area contributed by atoms with Gasteiger partial charge >= 0.3 is 0 Å². The lowest BCUT2D eigenvalue weighted by Crippen LogP contribution is -2.05. The summed E-state index contributed by atoms with van der Waals surface area (Å²) in [5.41, 5.74) is 1.61. The number of hydrogen-bond acceptors (Lipinski definition) is 2. The number of benzene rings is 2. The van der Waals surface area contributed by atoms with E-state index in [9.17, 15) is 4.79 Å². The molecule has 92 valence electrons. The second kappa shape index (κ2) is 5.83. The van der Waals surface area contributed by atoms with Crippen LogP contribution >= 0.6 is 15.9 Å². The van der Waals surface area contributed by atoms with Crippen LogP contribution in [0.3, 0.4) is 0 Å². The molecule has 2 aromatic carbocycles. The number of carbonyl (C=O) groups excluding carboxylic acids is 1. The van der Waals surface area contributed by atoms with Gasteiger partial charge in [-0.2, -0.15) is 0 Å². The third kappa shape index (κ3) is 2.99. The van der Waals surface area contributed by atoms with Gasteiger partial charge in [-0.3, -0.25) is 4.79 Å². The van der Waals surface area contributed by atoms with E-state index in [0.29, 0.717) is 17.7 Å². The van der Waals surface area contributed by atoms with Gasteiger partial charge in [-0.25, -0.2) is 0 Å². The molecule has 18 heavy (non-hydrogen) atoms. The quantitative estimate of drug-likeness (QED) is 0.801. The van der Waals surface area contributed by atoms with E-state index in [-0.39, 0.29) is 5.78 Å². The van der Waals surface area contributed by atoms with Crippen molar-refractivity contribution >= 4 is 21.7 Å². The molecular formula is C15H13BrO2. The van der Waals surface area contributed by atoms with Crippen molar-refractivity contribution in [3.05, 3.63) is 64.1 Å². The Bertz CT molecular complexity index is 550. The zero-order valence-corrected chi connectivity index (χ0v) is 11.6. The second-order valence-corrected chi connectivity index (χ2v) is 4.85. The van der Waals surface area contributed by atoms with E-state index in [1.807, 2.05) is 36.4 Å². The van der Waals surface area contributed by atoms with E-state index < -0.39 is 0 Å². The Morgan fingerprint density at radius 1 is 1.17 bits per heavy atom. The fourth-order valence-corrected chi connectivity index (χ4v) is 2.14. The number of ether oxygens (including phenoxy) is 1. The van der Waals surface area contributed by atoms with Crippen LogP contribution in [0.1, 0.15) is 15.9 Å². The van der Waals surface area contributed by atoms with Gasteiger partial charge in [-0.1, -0.05) is 46.3 Å². The number of hydrogen-bond donors (Lipinski definition) is 0. The van der Waals surface area contributed by atoms with Crippen molar-refractivity contribution in [1.82, 2.24) is 0 Å². The monoisotopic (exact) mass is 304 g/mol. The molecule has 0 radical (unpaired) electrons. The first kappa shape index (κ1) is 12.8. The van der Waals surface area contributed by atoms with Crippen molar-refractivity contribution in [2.75, 3.05) is 7.11 Å².